The molecule has 0 radical (unpaired) electrons. The van der Waals surface area contributed by atoms with Crippen LogP contribution in [0, 0.1) is 0 Å². The SMILES string of the molecule is CNC(=O)C(CCC=O)N1C(=O)c2cccc(CCCCCO)c2C1=O. The van der Waals surface area contributed by atoms with Crippen molar-refractivity contribution in [1.82, 2.24) is 10.2 Å². The van der Waals surface area contributed by atoms with Gasteiger partial charge in [0.2, 0.25) is 5.91 Å². The molecule has 0 spiro atoms. The van der Waals surface area contributed by atoms with E-state index in [0.29, 0.717) is 30.3 Å². The maximum Gasteiger partial charge on any atom is 0.262 e. The number of carbonyl (C=O) groups excluding carboxylic acids is 4. The van der Waals surface area contributed by atoms with Gasteiger partial charge in [0.15, 0.2) is 0 Å². The minimum Gasteiger partial charge on any atom is -0.396 e. The van der Waals surface area contributed by atoms with Gasteiger partial charge in [-0.25, -0.2) is 0 Å². The summed E-state index contributed by atoms with van der Waals surface area (Å²) >= 11 is 0. The van der Waals surface area contributed by atoms with E-state index in [2.05, 4.69) is 5.32 Å². The van der Waals surface area contributed by atoms with Gasteiger partial charge in [-0.15, -0.1) is 0 Å². The molecule has 1 unspecified atom stereocenters. The zero-order chi connectivity index (χ0) is 19.1. The zero-order valence-corrected chi connectivity index (χ0v) is 14.9. The molecule has 3 amide bonds. The van der Waals surface area contributed by atoms with Crippen LogP contribution in [0.3, 0.4) is 0 Å². The first-order valence-electron chi connectivity index (χ1n) is 8.82. The van der Waals surface area contributed by atoms with Crippen LogP contribution in [0.4, 0.5) is 0 Å². The molecule has 0 saturated carbocycles. The van der Waals surface area contributed by atoms with Gasteiger partial charge in [-0.2, -0.15) is 0 Å². The van der Waals surface area contributed by atoms with E-state index < -0.39 is 23.8 Å². The minimum atomic E-state index is -1.00. The summed E-state index contributed by atoms with van der Waals surface area (Å²) in [6.45, 7) is 0.128. The molecule has 0 fully saturated rings. The van der Waals surface area contributed by atoms with Crippen LogP contribution in [0.2, 0.25) is 0 Å². The van der Waals surface area contributed by atoms with Crippen molar-refractivity contribution in [3.63, 3.8) is 0 Å². The van der Waals surface area contributed by atoms with Crippen molar-refractivity contribution in [3.05, 3.63) is 34.9 Å². The van der Waals surface area contributed by atoms with Gasteiger partial charge in [0.05, 0.1) is 11.1 Å². The number of likely N-dealkylation sites (N-methyl/N-ethyl adjacent to an activating group) is 1. The van der Waals surface area contributed by atoms with Crippen LogP contribution in [0.15, 0.2) is 18.2 Å². The second-order valence-corrected chi connectivity index (χ2v) is 6.23. The van der Waals surface area contributed by atoms with E-state index in [1.54, 1.807) is 12.1 Å². The maximum atomic E-state index is 12.9. The second kappa shape index (κ2) is 9.24. The Bertz CT molecular complexity index is 701. The standard InChI is InChI=1S/C19H24N2O5/c1-20-17(24)15(10-6-12-23)21-18(25)14-9-5-8-13(16(14)19(21)26)7-3-2-4-11-22/h5,8-9,12,15,22H,2-4,6-7,10-11H2,1H3,(H,20,24). The molecule has 2 N–H and O–H groups in total. The highest BCUT2D eigenvalue weighted by molar-refractivity contribution is 6.23. The first kappa shape index (κ1) is 19.8. The number of nitrogens with one attached hydrogen (secondary N) is 1. The Kier molecular flexibility index (Phi) is 7.03. The van der Waals surface area contributed by atoms with Crippen LogP contribution in [-0.4, -0.2) is 53.7 Å². The summed E-state index contributed by atoms with van der Waals surface area (Å²) < 4.78 is 0. The van der Waals surface area contributed by atoms with E-state index in [1.807, 2.05) is 6.07 Å². The molecule has 1 heterocycles. The van der Waals surface area contributed by atoms with Crippen molar-refractivity contribution < 1.29 is 24.3 Å². The lowest BCUT2D eigenvalue weighted by atomic mass is 9.98. The van der Waals surface area contributed by atoms with Crippen molar-refractivity contribution >= 4 is 24.0 Å². The van der Waals surface area contributed by atoms with Crippen molar-refractivity contribution in [1.29, 1.82) is 0 Å². The van der Waals surface area contributed by atoms with Crippen LogP contribution in [0.5, 0.6) is 0 Å². The summed E-state index contributed by atoms with van der Waals surface area (Å²) in [6.07, 6.45) is 3.78. The van der Waals surface area contributed by atoms with Crippen molar-refractivity contribution in [2.45, 2.75) is 44.6 Å². The Morgan fingerprint density at radius 2 is 2.00 bits per heavy atom. The Hall–Kier alpha value is -2.54. The molecule has 140 valence electrons. The number of hydrogen-bond donors (Lipinski definition) is 2. The van der Waals surface area contributed by atoms with Crippen LogP contribution in [-0.2, 0) is 16.0 Å². The molecule has 0 aromatic heterocycles. The summed E-state index contributed by atoms with van der Waals surface area (Å²) in [5, 5.41) is 11.3. The van der Waals surface area contributed by atoms with Gasteiger partial charge in [0.25, 0.3) is 11.8 Å². The summed E-state index contributed by atoms with van der Waals surface area (Å²) in [6, 6.07) is 4.13. The second-order valence-electron chi connectivity index (χ2n) is 6.23. The number of aryl methyl sites for hydroxylation is 1. The number of aldehydes is 1. The Morgan fingerprint density at radius 1 is 1.23 bits per heavy atom. The average molecular weight is 360 g/mol. The Balaban J connectivity index is 2.29. The highest BCUT2D eigenvalue weighted by Crippen LogP contribution is 2.29. The highest BCUT2D eigenvalue weighted by Gasteiger charge is 2.43. The van der Waals surface area contributed by atoms with E-state index in [1.165, 1.54) is 7.05 Å². The van der Waals surface area contributed by atoms with E-state index in [-0.39, 0.29) is 19.4 Å². The molecular formula is C19H24N2O5. The number of hydrogen-bond acceptors (Lipinski definition) is 5. The van der Waals surface area contributed by atoms with Gasteiger partial charge in [0.1, 0.15) is 12.3 Å². The maximum absolute atomic E-state index is 12.9. The molecule has 0 aliphatic carbocycles. The van der Waals surface area contributed by atoms with Gasteiger partial charge in [-0.3, -0.25) is 19.3 Å². The summed E-state index contributed by atoms with van der Waals surface area (Å²) in [5.41, 5.74) is 1.42. The smallest absolute Gasteiger partial charge is 0.262 e. The predicted molar refractivity (Wildman–Crippen MR) is 94.7 cm³/mol. The molecule has 0 saturated heterocycles. The minimum absolute atomic E-state index is 0.0828. The molecule has 7 nitrogen and oxygen atoms in total. The third-order valence-corrected chi connectivity index (χ3v) is 4.56. The molecule has 1 aromatic rings. The Morgan fingerprint density at radius 3 is 2.65 bits per heavy atom. The number of rotatable bonds is 10. The molecule has 1 aliphatic heterocycles. The molecule has 1 aromatic carbocycles. The number of amides is 3. The normalized spacial score (nSPS) is 14.3. The fourth-order valence-electron chi connectivity index (χ4n) is 3.24. The zero-order valence-electron chi connectivity index (χ0n) is 14.9. The molecule has 1 atom stereocenters. The van der Waals surface area contributed by atoms with Crippen LogP contribution in [0.1, 0.15) is 58.4 Å². The average Bonchev–Trinajstić information content (AvgIpc) is 2.91. The number of carbonyl (C=O) groups is 4. The largest absolute Gasteiger partial charge is 0.396 e. The topological polar surface area (TPSA) is 104 Å². The fraction of sp³-hybridized carbons (Fsp3) is 0.474. The monoisotopic (exact) mass is 360 g/mol. The summed E-state index contributed by atoms with van der Waals surface area (Å²) in [7, 11) is 1.43. The van der Waals surface area contributed by atoms with Crippen LogP contribution >= 0.6 is 0 Å². The number of unbranched alkanes of at least 4 members (excludes halogenated alkanes) is 2. The fourth-order valence-corrected chi connectivity index (χ4v) is 3.24. The quantitative estimate of drug-likeness (QED) is 0.369. The molecule has 7 heteroatoms. The van der Waals surface area contributed by atoms with Gasteiger partial charge in [-0.05, 0) is 37.3 Å². The van der Waals surface area contributed by atoms with Crippen molar-refractivity contribution in [3.8, 4) is 0 Å². The van der Waals surface area contributed by atoms with Crippen LogP contribution < -0.4 is 5.32 Å². The van der Waals surface area contributed by atoms with Gasteiger partial charge in [0, 0.05) is 20.1 Å². The number of benzene rings is 1. The van der Waals surface area contributed by atoms with Gasteiger partial charge < -0.3 is 15.2 Å². The summed E-state index contributed by atoms with van der Waals surface area (Å²) in [4.78, 5) is 49.6. The lowest BCUT2D eigenvalue weighted by Gasteiger charge is -2.24. The van der Waals surface area contributed by atoms with Gasteiger partial charge in [-0.1, -0.05) is 18.6 Å². The number of aliphatic hydroxyl groups is 1. The van der Waals surface area contributed by atoms with E-state index in [0.717, 1.165) is 23.3 Å². The number of nitrogens with zero attached hydrogens (tertiary/aromatic N) is 1. The Labute approximate surface area is 152 Å². The van der Waals surface area contributed by atoms with Crippen LogP contribution in [0.25, 0.3) is 0 Å². The first-order chi connectivity index (χ1) is 12.6. The van der Waals surface area contributed by atoms with Crippen molar-refractivity contribution in [2.24, 2.45) is 0 Å². The number of fused-ring (bicyclic) bond motifs is 1. The van der Waals surface area contributed by atoms with E-state index in [4.69, 9.17) is 5.11 Å². The third kappa shape index (κ3) is 3.99. The summed E-state index contributed by atoms with van der Waals surface area (Å²) in [5.74, 6) is -1.45. The lowest BCUT2D eigenvalue weighted by Crippen LogP contribution is -2.48. The molecule has 0 bridgehead atoms. The molecule has 2 rings (SSSR count). The van der Waals surface area contributed by atoms with E-state index >= 15 is 0 Å². The van der Waals surface area contributed by atoms with Gasteiger partial charge >= 0.3 is 0 Å². The predicted octanol–water partition coefficient (Wildman–Crippen LogP) is 1.08. The lowest BCUT2D eigenvalue weighted by molar-refractivity contribution is -0.124. The molecule has 1 aliphatic rings. The first-order valence-corrected chi connectivity index (χ1v) is 8.82. The van der Waals surface area contributed by atoms with Crippen molar-refractivity contribution in [2.75, 3.05) is 13.7 Å². The van der Waals surface area contributed by atoms with E-state index in [9.17, 15) is 19.2 Å². The third-order valence-electron chi connectivity index (χ3n) is 4.56. The number of imide groups is 1. The highest BCUT2D eigenvalue weighted by atomic mass is 16.3. The molecule has 26 heavy (non-hydrogen) atoms. The molecular weight excluding hydrogens is 336 g/mol. The number of aliphatic hydroxyl groups excluding tert-OH is 1.